The van der Waals surface area contributed by atoms with Crippen molar-refractivity contribution < 1.29 is 4.74 Å². The first kappa shape index (κ1) is 15.8. The maximum absolute atomic E-state index is 6.22. The standard InChI is InChI=1S/C17H15BrClNO/c1-3-8-21-17-7-5-14(18)10-13(17)11-20-16-6-4-12(2)9-15(16)19/h1,4-7,9-10,20H,8,11H2,2H3. The van der Waals surface area contributed by atoms with Gasteiger partial charge in [-0.15, -0.1) is 6.42 Å². The fraction of sp³-hybridized carbons (Fsp3) is 0.176. The van der Waals surface area contributed by atoms with Crippen LogP contribution >= 0.6 is 27.5 Å². The summed E-state index contributed by atoms with van der Waals surface area (Å²) in [5, 5.41) is 4.02. The normalized spacial score (nSPS) is 10.0. The molecule has 0 radical (unpaired) electrons. The molecular formula is C17H15BrClNO. The van der Waals surface area contributed by atoms with Crippen LogP contribution in [0.2, 0.25) is 5.02 Å². The lowest BCUT2D eigenvalue weighted by Gasteiger charge is -2.13. The third kappa shape index (κ3) is 4.42. The van der Waals surface area contributed by atoms with Crippen LogP contribution in [0, 0.1) is 19.3 Å². The molecule has 0 unspecified atom stereocenters. The van der Waals surface area contributed by atoms with E-state index in [9.17, 15) is 0 Å². The van der Waals surface area contributed by atoms with Crippen LogP contribution in [-0.4, -0.2) is 6.61 Å². The number of terminal acetylenes is 1. The van der Waals surface area contributed by atoms with Crippen LogP contribution in [-0.2, 0) is 6.54 Å². The van der Waals surface area contributed by atoms with Crippen molar-refractivity contribution in [2.24, 2.45) is 0 Å². The Hall–Kier alpha value is -1.63. The Kier molecular flexibility index (Phi) is 5.55. The Morgan fingerprint density at radius 2 is 2.10 bits per heavy atom. The summed E-state index contributed by atoms with van der Waals surface area (Å²) in [6, 6.07) is 11.7. The third-order valence-corrected chi connectivity index (χ3v) is 3.73. The van der Waals surface area contributed by atoms with Crippen LogP contribution in [0.4, 0.5) is 5.69 Å². The number of rotatable bonds is 5. The van der Waals surface area contributed by atoms with Gasteiger partial charge in [0.25, 0.3) is 0 Å². The highest BCUT2D eigenvalue weighted by molar-refractivity contribution is 9.10. The quantitative estimate of drug-likeness (QED) is 0.751. The third-order valence-electron chi connectivity index (χ3n) is 2.93. The molecule has 0 fully saturated rings. The fourth-order valence-electron chi connectivity index (χ4n) is 1.90. The van der Waals surface area contributed by atoms with Crippen LogP contribution in [0.1, 0.15) is 11.1 Å². The number of hydrogen-bond acceptors (Lipinski definition) is 2. The predicted molar refractivity (Wildman–Crippen MR) is 92.0 cm³/mol. The summed E-state index contributed by atoms with van der Waals surface area (Å²) in [5.74, 6) is 3.24. The van der Waals surface area contributed by atoms with E-state index in [2.05, 4.69) is 27.2 Å². The average molecular weight is 365 g/mol. The van der Waals surface area contributed by atoms with Gasteiger partial charge in [-0.3, -0.25) is 0 Å². The number of halogens is 2. The molecule has 0 aliphatic carbocycles. The monoisotopic (exact) mass is 363 g/mol. The van der Waals surface area contributed by atoms with Gasteiger partial charge in [0, 0.05) is 16.6 Å². The zero-order chi connectivity index (χ0) is 15.2. The Balaban J connectivity index is 2.15. The zero-order valence-corrected chi connectivity index (χ0v) is 14.0. The lowest BCUT2D eigenvalue weighted by atomic mass is 10.2. The van der Waals surface area contributed by atoms with Crippen LogP contribution < -0.4 is 10.1 Å². The van der Waals surface area contributed by atoms with E-state index in [4.69, 9.17) is 22.8 Å². The van der Waals surface area contributed by atoms with Crippen molar-refractivity contribution in [3.8, 4) is 18.1 Å². The van der Waals surface area contributed by atoms with E-state index in [1.807, 2.05) is 43.3 Å². The van der Waals surface area contributed by atoms with Crippen molar-refractivity contribution in [2.45, 2.75) is 13.5 Å². The topological polar surface area (TPSA) is 21.3 Å². The van der Waals surface area contributed by atoms with Crippen LogP contribution in [0.5, 0.6) is 5.75 Å². The first-order valence-electron chi connectivity index (χ1n) is 6.45. The minimum absolute atomic E-state index is 0.250. The molecule has 0 aliphatic rings. The minimum atomic E-state index is 0.250. The average Bonchev–Trinajstić information content (AvgIpc) is 2.45. The molecule has 0 saturated heterocycles. The molecule has 0 saturated carbocycles. The molecule has 2 aromatic rings. The molecule has 1 N–H and O–H groups in total. The molecule has 108 valence electrons. The van der Waals surface area contributed by atoms with Gasteiger partial charge in [-0.05, 0) is 42.8 Å². The first-order chi connectivity index (χ1) is 10.1. The van der Waals surface area contributed by atoms with Crippen LogP contribution in [0.25, 0.3) is 0 Å². The van der Waals surface area contributed by atoms with E-state index < -0.39 is 0 Å². The Bertz CT molecular complexity index is 679. The van der Waals surface area contributed by atoms with E-state index in [1.54, 1.807) is 0 Å². The van der Waals surface area contributed by atoms with E-state index in [1.165, 1.54) is 0 Å². The number of ether oxygens (including phenoxy) is 1. The molecule has 21 heavy (non-hydrogen) atoms. The molecule has 0 heterocycles. The van der Waals surface area contributed by atoms with E-state index in [0.717, 1.165) is 27.0 Å². The van der Waals surface area contributed by atoms with Crippen LogP contribution in [0.15, 0.2) is 40.9 Å². The van der Waals surface area contributed by atoms with E-state index in [-0.39, 0.29) is 6.61 Å². The van der Waals surface area contributed by atoms with Gasteiger partial charge >= 0.3 is 0 Å². The molecule has 4 heteroatoms. The van der Waals surface area contributed by atoms with Crippen molar-refractivity contribution in [3.63, 3.8) is 0 Å². The Morgan fingerprint density at radius 1 is 1.29 bits per heavy atom. The maximum Gasteiger partial charge on any atom is 0.148 e. The van der Waals surface area contributed by atoms with Gasteiger partial charge in [-0.25, -0.2) is 0 Å². The summed E-state index contributed by atoms with van der Waals surface area (Å²) in [4.78, 5) is 0. The highest BCUT2D eigenvalue weighted by atomic mass is 79.9. The van der Waals surface area contributed by atoms with Gasteiger partial charge < -0.3 is 10.1 Å². The van der Waals surface area contributed by atoms with Crippen molar-refractivity contribution >= 4 is 33.2 Å². The SMILES string of the molecule is C#CCOc1ccc(Br)cc1CNc1ccc(C)cc1Cl. The number of benzene rings is 2. The number of anilines is 1. The van der Waals surface area contributed by atoms with Gasteiger partial charge in [-0.2, -0.15) is 0 Å². The second-order valence-electron chi connectivity index (χ2n) is 4.58. The molecule has 0 aromatic heterocycles. The molecule has 2 nitrogen and oxygen atoms in total. The summed E-state index contributed by atoms with van der Waals surface area (Å²) >= 11 is 9.69. The van der Waals surface area contributed by atoms with Gasteiger partial charge in [0.15, 0.2) is 0 Å². The van der Waals surface area contributed by atoms with Crippen molar-refractivity contribution in [2.75, 3.05) is 11.9 Å². The summed E-state index contributed by atoms with van der Waals surface area (Å²) < 4.78 is 6.54. The zero-order valence-electron chi connectivity index (χ0n) is 11.6. The molecule has 0 bridgehead atoms. The largest absolute Gasteiger partial charge is 0.481 e. The fourth-order valence-corrected chi connectivity index (χ4v) is 2.61. The van der Waals surface area contributed by atoms with Crippen molar-refractivity contribution in [1.82, 2.24) is 0 Å². The summed E-state index contributed by atoms with van der Waals surface area (Å²) in [6.45, 7) is 2.86. The maximum atomic E-state index is 6.22. The Labute approximate surface area is 138 Å². The van der Waals surface area contributed by atoms with E-state index >= 15 is 0 Å². The smallest absolute Gasteiger partial charge is 0.148 e. The molecule has 0 spiro atoms. The summed E-state index contributed by atoms with van der Waals surface area (Å²) in [5.41, 5.74) is 3.03. The molecule has 2 rings (SSSR count). The molecule has 0 aliphatic heterocycles. The second-order valence-corrected chi connectivity index (χ2v) is 5.90. The van der Waals surface area contributed by atoms with Gasteiger partial charge in [0.1, 0.15) is 12.4 Å². The predicted octanol–water partition coefficient (Wildman–Crippen LogP) is 5.04. The molecular weight excluding hydrogens is 350 g/mol. The summed E-state index contributed by atoms with van der Waals surface area (Å²) in [7, 11) is 0. The Morgan fingerprint density at radius 3 is 2.81 bits per heavy atom. The number of nitrogens with one attached hydrogen (secondary N) is 1. The van der Waals surface area contributed by atoms with E-state index in [0.29, 0.717) is 11.6 Å². The van der Waals surface area contributed by atoms with Gasteiger partial charge in [0.2, 0.25) is 0 Å². The van der Waals surface area contributed by atoms with Crippen molar-refractivity contribution in [3.05, 3.63) is 57.0 Å². The molecule has 0 atom stereocenters. The highest BCUT2D eigenvalue weighted by Crippen LogP contribution is 2.27. The minimum Gasteiger partial charge on any atom is -0.481 e. The van der Waals surface area contributed by atoms with Gasteiger partial charge in [-0.1, -0.05) is 39.5 Å². The summed E-state index contributed by atoms with van der Waals surface area (Å²) in [6.07, 6.45) is 5.24. The first-order valence-corrected chi connectivity index (χ1v) is 7.62. The molecule has 2 aromatic carbocycles. The second kappa shape index (κ2) is 7.40. The molecule has 0 amide bonds. The highest BCUT2D eigenvalue weighted by Gasteiger charge is 2.06. The number of hydrogen-bond donors (Lipinski definition) is 1. The van der Waals surface area contributed by atoms with Crippen molar-refractivity contribution in [1.29, 1.82) is 0 Å². The lowest BCUT2D eigenvalue weighted by Crippen LogP contribution is -2.04. The number of aryl methyl sites for hydroxylation is 1. The lowest BCUT2D eigenvalue weighted by molar-refractivity contribution is 0.366. The van der Waals surface area contributed by atoms with Gasteiger partial charge in [0.05, 0.1) is 10.7 Å². The van der Waals surface area contributed by atoms with Crippen LogP contribution in [0.3, 0.4) is 0 Å².